The topological polar surface area (TPSA) is 67.3 Å². The van der Waals surface area contributed by atoms with Gasteiger partial charge in [0.15, 0.2) is 5.82 Å². The number of hydrogen-bond donors (Lipinski definition) is 1. The third-order valence-corrected chi connectivity index (χ3v) is 4.35. The second-order valence-electron chi connectivity index (χ2n) is 5.81. The molecule has 21 heavy (non-hydrogen) atoms. The lowest BCUT2D eigenvalue weighted by atomic mass is 10.00. The Morgan fingerprint density at radius 3 is 3.00 bits per heavy atom. The van der Waals surface area contributed by atoms with Crippen molar-refractivity contribution in [1.82, 2.24) is 15.5 Å². The number of rotatable bonds is 4. The molecule has 1 amide bonds. The van der Waals surface area contributed by atoms with E-state index in [1.165, 1.54) is 0 Å². The highest BCUT2D eigenvalue weighted by Gasteiger charge is 2.29. The molecule has 3 heterocycles. The van der Waals surface area contributed by atoms with Gasteiger partial charge in [-0.3, -0.25) is 4.79 Å². The standard InChI is InChI=1S/C15H22N4O2/c20-15(16-10-12-4-8-21-9-5-12)13-3-7-19(11-13)14-2-1-6-17-18-14/h1-2,6,12-13H,3-5,7-11H2,(H,16,20)/t13-/m0/s1. The highest BCUT2D eigenvalue weighted by molar-refractivity contribution is 5.80. The molecule has 1 atom stereocenters. The molecule has 2 aliphatic heterocycles. The fourth-order valence-corrected chi connectivity index (χ4v) is 2.98. The highest BCUT2D eigenvalue weighted by atomic mass is 16.5. The molecule has 0 radical (unpaired) electrons. The van der Waals surface area contributed by atoms with Crippen LogP contribution >= 0.6 is 0 Å². The van der Waals surface area contributed by atoms with Crippen LogP contribution in [0.4, 0.5) is 5.82 Å². The molecule has 1 N–H and O–H groups in total. The number of carbonyl (C=O) groups is 1. The van der Waals surface area contributed by atoms with Gasteiger partial charge in [0, 0.05) is 39.0 Å². The maximum atomic E-state index is 12.3. The third-order valence-electron chi connectivity index (χ3n) is 4.35. The van der Waals surface area contributed by atoms with E-state index in [1.54, 1.807) is 6.20 Å². The van der Waals surface area contributed by atoms with Crippen molar-refractivity contribution >= 4 is 11.7 Å². The smallest absolute Gasteiger partial charge is 0.224 e. The minimum Gasteiger partial charge on any atom is -0.381 e. The van der Waals surface area contributed by atoms with Crippen LogP contribution in [0.1, 0.15) is 19.3 Å². The zero-order valence-electron chi connectivity index (χ0n) is 12.2. The Labute approximate surface area is 124 Å². The molecule has 2 saturated heterocycles. The van der Waals surface area contributed by atoms with Crippen LogP contribution in [0.25, 0.3) is 0 Å². The first kappa shape index (κ1) is 14.3. The maximum absolute atomic E-state index is 12.3. The zero-order chi connectivity index (χ0) is 14.5. The first-order chi connectivity index (χ1) is 10.3. The van der Waals surface area contributed by atoms with Gasteiger partial charge >= 0.3 is 0 Å². The van der Waals surface area contributed by atoms with Gasteiger partial charge in [0.25, 0.3) is 0 Å². The molecule has 1 aromatic rings. The van der Waals surface area contributed by atoms with Crippen molar-refractivity contribution in [3.05, 3.63) is 18.3 Å². The van der Waals surface area contributed by atoms with Crippen molar-refractivity contribution in [1.29, 1.82) is 0 Å². The molecular weight excluding hydrogens is 268 g/mol. The van der Waals surface area contributed by atoms with E-state index in [2.05, 4.69) is 20.4 Å². The van der Waals surface area contributed by atoms with E-state index in [-0.39, 0.29) is 11.8 Å². The minimum atomic E-state index is 0.0619. The molecular formula is C15H22N4O2. The van der Waals surface area contributed by atoms with Gasteiger partial charge in [-0.25, -0.2) is 0 Å². The number of ether oxygens (including phenoxy) is 1. The Hall–Kier alpha value is -1.69. The first-order valence-corrected chi connectivity index (χ1v) is 7.71. The van der Waals surface area contributed by atoms with E-state index >= 15 is 0 Å². The van der Waals surface area contributed by atoms with Crippen LogP contribution in [-0.2, 0) is 9.53 Å². The Balaban J connectivity index is 1.46. The summed E-state index contributed by atoms with van der Waals surface area (Å²) in [4.78, 5) is 14.4. The molecule has 3 rings (SSSR count). The lowest BCUT2D eigenvalue weighted by Crippen LogP contribution is -2.37. The fourth-order valence-electron chi connectivity index (χ4n) is 2.98. The second kappa shape index (κ2) is 6.85. The number of nitrogens with zero attached hydrogens (tertiary/aromatic N) is 3. The van der Waals surface area contributed by atoms with Crippen LogP contribution in [0.5, 0.6) is 0 Å². The number of aromatic nitrogens is 2. The lowest BCUT2D eigenvalue weighted by Gasteiger charge is -2.23. The van der Waals surface area contributed by atoms with Gasteiger partial charge < -0.3 is 15.0 Å². The van der Waals surface area contributed by atoms with E-state index in [0.717, 1.165) is 57.9 Å². The number of hydrogen-bond acceptors (Lipinski definition) is 5. The lowest BCUT2D eigenvalue weighted by molar-refractivity contribution is -0.124. The SMILES string of the molecule is O=C(NCC1CCOCC1)[C@H]1CCN(c2cccnn2)C1. The predicted octanol–water partition coefficient (Wildman–Crippen LogP) is 0.846. The highest BCUT2D eigenvalue weighted by Crippen LogP contribution is 2.21. The summed E-state index contributed by atoms with van der Waals surface area (Å²) in [6.07, 6.45) is 4.65. The maximum Gasteiger partial charge on any atom is 0.224 e. The summed E-state index contributed by atoms with van der Waals surface area (Å²) in [6, 6.07) is 3.82. The molecule has 2 fully saturated rings. The van der Waals surface area contributed by atoms with Crippen molar-refractivity contribution in [3.63, 3.8) is 0 Å². The Bertz CT molecular complexity index is 462. The fraction of sp³-hybridized carbons (Fsp3) is 0.667. The van der Waals surface area contributed by atoms with Gasteiger partial charge in [-0.05, 0) is 37.3 Å². The number of amides is 1. The molecule has 1 aromatic heterocycles. The summed E-state index contributed by atoms with van der Waals surface area (Å²) < 4.78 is 5.34. The van der Waals surface area contributed by atoms with E-state index < -0.39 is 0 Å². The molecule has 0 aromatic carbocycles. The summed E-state index contributed by atoms with van der Waals surface area (Å²) in [6.45, 7) is 4.03. The molecule has 2 aliphatic rings. The minimum absolute atomic E-state index is 0.0619. The van der Waals surface area contributed by atoms with Gasteiger partial charge in [-0.2, -0.15) is 5.10 Å². The molecule has 0 saturated carbocycles. The molecule has 0 unspecified atom stereocenters. The van der Waals surface area contributed by atoms with Crippen molar-refractivity contribution in [3.8, 4) is 0 Å². The summed E-state index contributed by atoms with van der Waals surface area (Å²) in [5.74, 6) is 1.66. The summed E-state index contributed by atoms with van der Waals surface area (Å²) in [5, 5.41) is 11.1. The number of nitrogens with one attached hydrogen (secondary N) is 1. The summed E-state index contributed by atoms with van der Waals surface area (Å²) >= 11 is 0. The first-order valence-electron chi connectivity index (χ1n) is 7.71. The van der Waals surface area contributed by atoms with E-state index in [0.29, 0.717) is 5.92 Å². The van der Waals surface area contributed by atoms with Crippen LogP contribution in [0, 0.1) is 11.8 Å². The Morgan fingerprint density at radius 1 is 1.38 bits per heavy atom. The largest absolute Gasteiger partial charge is 0.381 e. The Kier molecular flexibility index (Phi) is 4.65. The van der Waals surface area contributed by atoms with Crippen LogP contribution in [-0.4, -0.2) is 49.0 Å². The van der Waals surface area contributed by atoms with E-state index in [9.17, 15) is 4.79 Å². The molecule has 6 nitrogen and oxygen atoms in total. The monoisotopic (exact) mass is 290 g/mol. The van der Waals surface area contributed by atoms with Crippen molar-refractivity contribution in [2.75, 3.05) is 37.7 Å². The average molecular weight is 290 g/mol. The molecule has 0 spiro atoms. The summed E-state index contributed by atoms with van der Waals surface area (Å²) in [7, 11) is 0. The Morgan fingerprint density at radius 2 is 2.24 bits per heavy atom. The van der Waals surface area contributed by atoms with Crippen molar-refractivity contribution in [2.24, 2.45) is 11.8 Å². The molecule has 0 aliphatic carbocycles. The average Bonchev–Trinajstić information content (AvgIpc) is 3.04. The van der Waals surface area contributed by atoms with Gasteiger partial charge in [0.05, 0.1) is 5.92 Å². The summed E-state index contributed by atoms with van der Waals surface area (Å²) in [5.41, 5.74) is 0. The molecule has 0 bridgehead atoms. The number of carbonyl (C=O) groups excluding carboxylic acids is 1. The van der Waals surface area contributed by atoms with Crippen LogP contribution < -0.4 is 10.2 Å². The third kappa shape index (κ3) is 3.69. The van der Waals surface area contributed by atoms with Crippen LogP contribution in [0.15, 0.2) is 18.3 Å². The predicted molar refractivity (Wildman–Crippen MR) is 78.9 cm³/mol. The van der Waals surface area contributed by atoms with Crippen molar-refractivity contribution < 1.29 is 9.53 Å². The van der Waals surface area contributed by atoms with Gasteiger partial charge in [-0.1, -0.05) is 0 Å². The van der Waals surface area contributed by atoms with Gasteiger partial charge in [0.2, 0.25) is 5.91 Å². The van der Waals surface area contributed by atoms with E-state index in [1.807, 2.05) is 12.1 Å². The number of anilines is 1. The molecule has 6 heteroatoms. The van der Waals surface area contributed by atoms with Gasteiger partial charge in [-0.15, -0.1) is 5.10 Å². The molecule has 114 valence electrons. The quantitative estimate of drug-likeness (QED) is 0.890. The van der Waals surface area contributed by atoms with E-state index in [4.69, 9.17) is 4.74 Å². The van der Waals surface area contributed by atoms with Gasteiger partial charge in [0.1, 0.15) is 0 Å². The van der Waals surface area contributed by atoms with Crippen LogP contribution in [0.3, 0.4) is 0 Å². The van der Waals surface area contributed by atoms with Crippen molar-refractivity contribution in [2.45, 2.75) is 19.3 Å². The normalized spacial score (nSPS) is 23.2. The second-order valence-corrected chi connectivity index (χ2v) is 5.81. The zero-order valence-corrected chi connectivity index (χ0v) is 12.2. The van der Waals surface area contributed by atoms with Crippen LogP contribution in [0.2, 0.25) is 0 Å².